The van der Waals surface area contributed by atoms with Crippen LogP contribution in [0.15, 0.2) is 91.0 Å². The molecule has 8 heteroatoms. The zero-order valence-corrected chi connectivity index (χ0v) is 23.3. The summed E-state index contributed by atoms with van der Waals surface area (Å²) in [5, 5.41) is 0. The Balaban J connectivity index is 1.35. The maximum atomic E-state index is 14.4. The summed E-state index contributed by atoms with van der Waals surface area (Å²) in [4.78, 5) is 59.6. The monoisotopic (exact) mass is 562 g/mol. The van der Waals surface area contributed by atoms with E-state index < -0.39 is 35.0 Å². The number of amides is 4. The second-order valence-electron chi connectivity index (χ2n) is 11.1. The fourth-order valence-corrected chi connectivity index (χ4v) is 7.70. The molecular formula is C34H30N2O6. The minimum atomic E-state index is -1.16. The van der Waals surface area contributed by atoms with Crippen molar-refractivity contribution in [3.8, 4) is 11.5 Å². The molecule has 3 fully saturated rings. The maximum absolute atomic E-state index is 14.4. The Labute approximate surface area is 243 Å². The summed E-state index contributed by atoms with van der Waals surface area (Å²) in [6, 6.07) is 23.1. The van der Waals surface area contributed by atoms with Crippen LogP contribution in [0.2, 0.25) is 0 Å². The first kappa shape index (κ1) is 26.2. The zero-order valence-electron chi connectivity index (χ0n) is 23.3. The van der Waals surface area contributed by atoms with E-state index in [0.29, 0.717) is 36.1 Å². The SMILES string of the molecule is CCOc1ccc(N2C(=O)[C@@H]3C4C=CC(c5ccccc5)([C@H]3C2=O)[C@H]2C(=O)N(c3ccc(OCC)cc3)C(=O)[C@@H]42)cc1. The van der Waals surface area contributed by atoms with Gasteiger partial charge in [0.1, 0.15) is 11.5 Å². The number of ether oxygens (including phenoxy) is 2. The number of carbonyl (C=O) groups excluding carboxylic acids is 4. The van der Waals surface area contributed by atoms with Gasteiger partial charge in [-0.15, -0.1) is 0 Å². The second-order valence-corrected chi connectivity index (χ2v) is 11.1. The Bertz CT molecular complexity index is 1520. The van der Waals surface area contributed by atoms with Crippen LogP contribution in [0.3, 0.4) is 0 Å². The number of nitrogens with zero attached hydrogens (tertiary/aromatic N) is 2. The molecular weight excluding hydrogens is 532 g/mol. The van der Waals surface area contributed by atoms with Crippen LogP contribution < -0.4 is 19.3 Å². The van der Waals surface area contributed by atoms with Gasteiger partial charge in [0, 0.05) is 11.3 Å². The highest BCUT2D eigenvalue weighted by atomic mass is 16.5. The third-order valence-electron chi connectivity index (χ3n) is 9.24. The van der Waals surface area contributed by atoms with Gasteiger partial charge < -0.3 is 9.47 Å². The van der Waals surface area contributed by atoms with Gasteiger partial charge >= 0.3 is 0 Å². The van der Waals surface area contributed by atoms with E-state index in [9.17, 15) is 19.2 Å². The highest BCUT2D eigenvalue weighted by Gasteiger charge is 2.75. The molecule has 5 aliphatic rings. The van der Waals surface area contributed by atoms with Gasteiger partial charge in [0.15, 0.2) is 0 Å². The van der Waals surface area contributed by atoms with Crippen molar-refractivity contribution in [3.05, 3.63) is 96.6 Å². The quantitative estimate of drug-likeness (QED) is 0.310. The third kappa shape index (κ3) is 3.47. The normalized spacial score (nSPS) is 29.2. The van der Waals surface area contributed by atoms with Gasteiger partial charge in [-0.3, -0.25) is 19.2 Å². The van der Waals surface area contributed by atoms with Gasteiger partial charge in [-0.05, 0) is 67.9 Å². The molecule has 2 unspecified atom stereocenters. The molecule has 0 aromatic heterocycles. The number of hydrogen-bond donors (Lipinski definition) is 0. The van der Waals surface area contributed by atoms with Crippen molar-refractivity contribution >= 4 is 35.0 Å². The van der Waals surface area contributed by atoms with Crippen LogP contribution >= 0.6 is 0 Å². The van der Waals surface area contributed by atoms with Gasteiger partial charge in [0.05, 0.1) is 48.3 Å². The van der Waals surface area contributed by atoms with Crippen molar-refractivity contribution in [2.45, 2.75) is 19.3 Å². The van der Waals surface area contributed by atoms with Crippen molar-refractivity contribution < 1.29 is 28.7 Å². The van der Waals surface area contributed by atoms with Crippen LogP contribution in [0.25, 0.3) is 0 Å². The van der Waals surface area contributed by atoms with Gasteiger partial charge in [-0.1, -0.05) is 42.5 Å². The fourth-order valence-electron chi connectivity index (χ4n) is 7.70. The summed E-state index contributed by atoms with van der Waals surface area (Å²) in [5.41, 5.74) is 0.479. The average Bonchev–Trinajstić information content (AvgIpc) is 3.46. The molecule has 3 aromatic carbocycles. The highest BCUT2D eigenvalue weighted by Crippen LogP contribution is 2.65. The number of carbonyl (C=O) groups is 4. The van der Waals surface area contributed by atoms with Crippen LogP contribution in [-0.2, 0) is 24.6 Å². The topological polar surface area (TPSA) is 93.2 Å². The van der Waals surface area contributed by atoms with Gasteiger partial charge in [0.25, 0.3) is 0 Å². The fraction of sp³-hybridized carbons (Fsp3) is 0.294. The Morgan fingerprint density at radius 2 is 1.07 bits per heavy atom. The van der Waals surface area contributed by atoms with E-state index in [-0.39, 0.29) is 23.6 Å². The van der Waals surface area contributed by atoms with Crippen LogP contribution in [0.4, 0.5) is 11.4 Å². The standard InChI is InChI=1S/C34H30N2O6/c1-3-41-23-14-10-21(11-15-23)35-30(37)26-25-18-19-34(28(26)32(35)39,20-8-6-5-7-9-20)29-27(25)31(38)36(33(29)40)22-12-16-24(17-13-22)42-4-2/h5-19,25-29H,3-4H2,1-2H3/t25?,26-,27+,28-,29-,34?/m1/s1. The molecule has 1 saturated carbocycles. The average molecular weight is 563 g/mol. The van der Waals surface area contributed by atoms with Crippen LogP contribution in [-0.4, -0.2) is 36.8 Å². The molecule has 4 amide bonds. The lowest BCUT2D eigenvalue weighted by molar-refractivity contribution is -0.140. The van der Waals surface area contributed by atoms with Crippen molar-refractivity contribution in [3.63, 3.8) is 0 Å². The smallest absolute Gasteiger partial charge is 0.238 e. The molecule has 3 aliphatic carbocycles. The largest absolute Gasteiger partial charge is 0.494 e. The lowest BCUT2D eigenvalue weighted by atomic mass is 9.45. The van der Waals surface area contributed by atoms with Crippen LogP contribution in [0.1, 0.15) is 19.4 Å². The summed E-state index contributed by atoms with van der Waals surface area (Å²) >= 11 is 0. The summed E-state index contributed by atoms with van der Waals surface area (Å²) in [6.45, 7) is 4.76. The van der Waals surface area contributed by atoms with E-state index >= 15 is 0 Å². The van der Waals surface area contributed by atoms with E-state index in [2.05, 4.69) is 0 Å². The molecule has 6 atom stereocenters. The van der Waals surface area contributed by atoms with E-state index in [0.717, 1.165) is 5.56 Å². The Morgan fingerprint density at radius 1 is 0.619 bits per heavy atom. The molecule has 0 radical (unpaired) electrons. The molecule has 0 N–H and O–H groups in total. The predicted molar refractivity (Wildman–Crippen MR) is 155 cm³/mol. The summed E-state index contributed by atoms with van der Waals surface area (Å²) < 4.78 is 11.1. The molecule has 212 valence electrons. The number of imide groups is 2. The molecule has 2 aliphatic heterocycles. The minimum Gasteiger partial charge on any atom is -0.494 e. The number of allylic oxidation sites excluding steroid dienone is 2. The highest BCUT2D eigenvalue weighted by molar-refractivity contribution is 6.27. The van der Waals surface area contributed by atoms with Crippen molar-refractivity contribution in [2.75, 3.05) is 23.0 Å². The molecule has 2 saturated heterocycles. The number of anilines is 2. The lowest BCUT2D eigenvalue weighted by Gasteiger charge is -2.53. The van der Waals surface area contributed by atoms with Crippen molar-refractivity contribution in [1.29, 1.82) is 0 Å². The molecule has 2 bridgehead atoms. The molecule has 0 spiro atoms. The first-order chi connectivity index (χ1) is 20.4. The molecule has 42 heavy (non-hydrogen) atoms. The second kappa shape index (κ2) is 9.69. The lowest BCUT2D eigenvalue weighted by Crippen LogP contribution is -2.60. The van der Waals surface area contributed by atoms with E-state index in [1.807, 2.05) is 56.3 Å². The van der Waals surface area contributed by atoms with Gasteiger partial charge in [-0.25, -0.2) is 9.80 Å². The van der Waals surface area contributed by atoms with Crippen molar-refractivity contribution in [2.24, 2.45) is 29.6 Å². The number of hydrogen-bond acceptors (Lipinski definition) is 6. The van der Waals surface area contributed by atoms with Crippen molar-refractivity contribution in [1.82, 2.24) is 0 Å². The summed E-state index contributed by atoms with van der Waals surface area (Å²) in [7, 11) is 0. The van der Waals surface area contributed by atoms with E-state index in [1.54, 1.807) is 48.5 Å². The predicted octanol–water partition coefficient (Wildman–Crippen LogP) is 4.53. The van der Waals surface area contributed by atoms with Crippen LogP contribution in [0, 0.1) is 29.6 Å². The maximum Gasteiger partial charge on any atom is 0.238 e. The number of benzene rings is 3. The summed E-state index contributed by atoms with van der Waals surface area (Å²) in [6.07, 6.45) is 3.82. The van der Waals surface area contributed by atoms with Gasteiger partial charge in [0.2, 0.25) is 23.6 Å². The molecule has 8 nitrogen and oxygen atoms in total. The summed E-state index contributed by atoms with van der Waals surface area (Å²) in [5.74, 6) is -3.90. The van der Waals surface area contributed by atoms with E-state index in [1.165, 1.54) is 9.80 Å². The Hall–Kier alpha value is -4.72. The Morgan fingerprint density at radius 3 is 1.50 bits per heavy atom. The van der Waals surface area contributed by atoms with Gasteiger partial charge in [-0.2, -0.15) is 0 Å². The zero-order chi connectivity index (χ0) is 29.2. The molecule has 3 aromatic rings. The minimum absolute atomic E-state index is 0.345. The first-order valence-corrected chi connectivity index (χ1v) is 14.4. The molecule has 2 heterocycles. The Kier molecular flexibility index (Phi) is 6.04. The third-order valence-corrected chi connectivity index (χ3v) is 9.24. The first-order valence-electron chi connectivity index (χ1n) is 14.4. The van der Waals surface area contributed by atoms with Crippen LogP contribution in [0.5, 0.6) is 11.5 Å². The number of rotatable bonds is 7. The molecule has 8 rings (SSSR count). The van der Waals surface area contributed by atoms with E-state index in [4.69, 9.17) is 9.47 Å².